The quantitative estimate of drug-likeness (QED) is 0.495. The van der Waals surface area contributed by atoms with Gasteiger partial charge in [-0.25, -0.2) is 4.39 Å². The summed E-state index contributed by atoms with van der Waals surface area (Å²) in [6.45, 7) is 0.525. The molecule has 0 aliphatic heterocycles. The van der Waals surface area contributed by atoms with Gasteiger partial charge in [-0.2, -0.15) is 5.10 Å². The molecule has 0 radical (unpaired) electrons. The lowest BCUT2D eigenvalue weighted by atomic mass is 10.1. The van der Waals surface area contributed by atoms with E-state index in [0.29, 0.717) is 29.2 Å². The number of benzene rings is 3. The minimum absolute atomic E-state index is 0.356. The third-order valence-corrected chi connectivity index (χ3v) is 4.64. The Kier molecular flexibility index (Phi) is 5.57. The molecule has 4 rings (SSSR count). The molecule has 0 fully saturated rings. The van der Waals surface area contributed by atoms with Gasteiger partial charge in [0.25, 0.3) is 5.91 Å². The Hall–Kier alpha value is -3.93. The molecule has 0 spiro atoms. The van der Waals surface area contributed by atoms with Crippen molar-refractivity contribution in [1.29, 1.82) is 0 Å². The second-order valence-electron chi connectivity index (χ2n) is 6.77. The molecule has 5 nitrogen and oxygen atoms in total. The van der Waals surface area contributed by atoms with E-state index in [1.807, 2.05) is 54.6 Å². The van der Waals surface area contributed by atoms with Crippen molar-refractivity contribution in [3.8, 4) is 17.0 Å². The molecule has 30 heavy (non-hydrogen) atoms. The van der Waals surface area contributed by atoms with Gasteiger partial charge in [0.05, 0.1) is 19.2 Å². The maximum absolute atomic E-state index is 13.5. The number of ether oxygens (including phenoxy) is 1. The van der Waals surface area contributed by atoms with Crippen molar-refractivity contribution in [2.24, 2.45) is 0 Å². The Labute approximate surface area is 173 Å². The molecule has 1 aromatic heterocycles. The van der Waals surface area contributed by atoms with Gasteiger partial charge in [0, 0.05) is 17.4 Å². The summed E-state index contributed by atoms with van der Waals surface area (Å²) in [5, 5.41) is 7.40. The van der Waals surface area contributed by atoms with Crippen LogP contribution < -0.4 is 10.1 Å². The number of hydrogen-bond donors (Lipinski definition) is 1. The molecule has 1 amide bonds. The van der Waals surface area contributed by atoms with Crippen molar-refractivity contribution in [2.45, 2.75) is 6.54 Å². The number of amides is 1. The summed E-state index contributed by atoms with van der Waals surface area (Å²) in [7, 11) is 1.60. The van der Waals surface area contributed by atoms with Gasteiger partial charge in [-0.05, 0) is 48.0 Å². The van der Waals surface area contributed by atoms with Gasteiger partial charge in [0.1, 0.15) is 17.3 Å². The number of halogens is 1. The van der Waals surface area contributed by atoms with E-state index in [4.69, 9.17) is 4.74 Å². The maximum atomic E-state index is 13.5. The second kappa shape index (κ2) is 8.61. The van der Waals surface area contributed by atoms with Crippen molar-refractivity contribution < 1.29 is 13.9 Å². The van der Waals surface area contributed by atoms with E-state index >= 15 is 0 Å². The summed E-state index contributed by atoms with van der Waals surface area (Å²) < 4.78 is 20.5. The third kappa shape index (κ3) is 4.38. The van der Waals surface area contributed by atoms with Crippen LogP contribution in [-0.4, -0.2) is 22.8 Å². The number of rotatable bonds is 6. The number of aromatic nitrogens is 2. The molecule has 1 N–H and O–H groups in total. The van der Waals surface area contributed by atoms with Crippen molar-refractivity contribution >= 4 is 11.6 Å². The molecule has 6 heteroatoms. The fourth-order valence-corrected chi connectivity index (χ4v) is 3.17. The van der Waals surface area contributed by atoms with Crippen LogP contribution in [0.2, 0.25) is 0 Å². The first kappa shape index (κ1) is 19.4. The van der Waals surface area contributed by atoms with Crippen LogP contribution in [0.15, 0.2) is 85.1 Å². The molecule has 4 aromatic rings. The third-order valence-electron chi connectivity index (χ3n) is 4.64. The molecular formula is C24H20FN3O2. The van der Waals surface area contributed by atoms with Crippen LogP contribution in [0, 0.1) is 5.82 Å². The summed E-state index contributed by atoms with van der Waals surface area (Å²) in [5.74, 6) is -0.0538. The van der Waals surface area contributed by atoms with Gasteiger partial charge in [-0.15, -0.1) is 0 Å². The van der Waals surface area contributed by atoms with E-state index in [0.717, 1.165) is 11.1 Å². The molecule has 0 saturated carbocycles. The minimum Gasteiger partial charge on any atom is -0.497 e. The Morgan fingerprint density at radius 3 is 2.50 bits per heavy atom. The number of nitrogens with one attached hydrogen (secondary N) is 1. The monoisotopic (exact) mass is 401 g/mol. The van der Waals surface area contributed by atoms with E-state index in [1.54, 1.807) is 30.1 Å². The van der Waals surface area contributed by atoms with Crippen LogP contribution in [0.25, 0.3) is 11.3 Å². The van der Waals surface area contributed by atoms with Crippen molar-refractivity contribution in [2.75, 3.05) is 12.4 Å². The number of carbonyl (C=O) groups excluding carboxylic acids is 1. The highest BCUT2D eigenvalue weighted by atomic mass is 19.1. The normalized spacial score (nSPS) is 10.6. The van der Waals surface area contributed by atoms with Gasteiger partial charge in [0.2, 0.25) is 0 Å². The molecule has 1 heterocycles. The van der Waals surface area contributed by atoms with Gasteiger partial charge in [-0.1, -0.05) is 36.4 Å². The van der Waals surface area contributed by atoms with Crippen molar-refractivity contribution in [3.05, 3.63) is 102 Å². The molecule has 0 bridgehead atoms. The molecule has 150 valence electrons. The lowest BCUT2D eigenvalue weighted by Crippen LogP contribution is -2.12. The van der Waals surface area contributed by atoms with Crippen LogP contribution in [0.4, 0.5) is 10.1 Å². The number of carbonyl (C=O) groups is 1. The van der Waals surface area contributed by atoms with E-state index in [2.05, 4.69) is 10.4 Å². The highest BCUT2D eigenvalue weighted by molar-refractivity contribution is 6.08. The summed E-state index contributed by atoms with van der Waals surface area (Å²) in [6.07, 6.45) is 1.71. The summed E-state index contributed by atoms with van der Waals surface area (Å²) in [4.78, 5) is 13.0. The molecule has 0 saturated heterocycles. The van der Waals surface area contributed by atoms with Gasteiger partial charge < -0.3 is 10.1 Å². The SMILES string of the molecule is COc1ccc(-c2nn(Cc3ccccc3)cc2C(=O)Nc2cccc(F)c2)cc1. The fraction of sp³-hybridized carbons (Fsp3) is 0.0833. The Morgan fingerprint density at radius 1 is 1.03 bits per heavy atom. The van der Waals surface area contributed by atoms with E-state index in [9.17, 15) is 9.18 Å². The first-order chi connectivity index (χ1) is 14.6. The first-order valence-electron chi connectivity index (χ1n) is 9.45. The van der Waals surface area contributed by atoms with Crippen LogP contribution in [0.1, 0.15) is 15.9 Å². The first-order valence-corrected chi connectivity index (χ1v) is 9.45. The van der Waals surface area contributed by atoms with Crippen molar-refractivity contribution in [3.63, 3.8) is 0 Å². The standard InChI is InChI=1S/C24H20FN3O2/c1-30-21-12-10-18(11-13-21)23-22(24(29)26-20-9-5-8-19(25)14-20)16-28(27-23)15-17-6-3-2-4-7-17/h2-14,16H,15H2,1H3,(H,26,29). The summed E-state index contributed by atoms with van der Waals surface area (Å²) in [5.41, 5.74) is 3.18. The lowest BCUT2D eigenvalue weighted by Gasteiger charge is -2.06. The zero-order valence-electron chi connectivity index (χ0n) is 16.4. The number of nitrogens with zero attached hydrogens (tertiary/aromatic N) is 2. The van der Waals surface area contributed by atoms with Gasteiger partial charge >= 0.3 is 0 Å². The average molecular weight is 401 g/mol. The number of anilines is 1. The van der Waals surface area contributed by atoms with Gasteiger partial charge in [-0.3, -0.25) is 9.48 Å². The maximum Gasteiger partial charge on any atom is 0.259 e. The summed E-state index contributed by atoms with van der Waals surface area (Å²) >= 11 is 0. The van der Waals surface area contributed by atoms with E-state index in [1.165, 1.54) is 12.1 Å². The van der Waals surface area contributed by atoms with Crippen molar-refractivity contribution in [1.82, 2.24) is 9.78 Å². The highest BCUT2D eigenvalue weighted by Gasteiger charge is 2.19. The number of hydrogen-bond acceptors (Lipinski definition) is 3. The Balaban J connectivity index is 1.69. The molecular weight excluding hydrogens is 381 g/mol. The van der Waals surface area contributed by atoms with Crippen LogP contribution in [0.3, 0.4) is 0 Å². The zero-order chi connectivity index (χ0) is 20.9. The largest absolute Gasteiger partial charge is 0.497 e. The average Bonchev–Trinajstić information content (AvgIpc) is 3.18. The van der Waals surface area contributed by atoms with E-state index in [-0.39, 0.29) is 5.91 Å². The predicted molar refractivity (Wildman–Crippen MR) is 114 cm³/mol. The lowest BCUT2D eigenvalue weighted by molar-refractivity contribution is 0.102. The van der Waals surface area contributed by atoms with E-state index < -0.39 is 5.82 Å². The topological polar surface area (TPSA) is 56.2 Å². The zero-order valence-corrected chi connectivity index (χ0v) is 16.4. The molecule has 0 aliphatic carbocycles. The summed E-state index contributed by atoms with van der Waals surface area (Å²) in [6, 6.07) is 23.0. The second-order valence-corrected chi connectivity index (χ2v) is 6.77. The smallest absolute Gasteiger partial charge is 0.259 e. The minimum atomic E-state index is -0.414. The van der Waals surface area contributed by atoms with Crippen LogP contribution in [-0.2, 0) is 6.54 Å². The predicted octanol–water partition coefficient (Wildman–Crippen LogP) is 5.00. The van der Waals surface area contributed by atoms with Gasteiger partial charge in [0.15, 0.2) is 0 Å². The highest BCUT2D eigenvalue weighted by Crippen LogP contribution is 2.26. The molecule has 0 atom stereocenters. The molecule has 0 aliphatic rings. The Morgan fingerprint density at radius 2 is 1.80 bits per heavy atom. The van der Waals surface area contributed by atoms with Crippen LogP contribution in [0.5, 0.6) is 5.75 Å². The molecule has 3 aromatic carbocycles. The Bertz CT molecular complexity index is 1150. The fourth-order valence-electron chi connectivity index (χ4n) is 3.17. The van der Waals surface area contributed by atoms with Crippen LogP contribution >= 0.6 is 0 Å². The number of methoxy groups -OCH3 is 1. The molecule has 0 unspecified atom stereocenters.